The van der Waals surface area contributed by atoms with Crippen molar-refractivity contribution < 1.29 is 34.0 Å². The van der Waals surface area contributed by atoms with E-state index in [2.05, 4.69) is 26.8 Å². The quantitative estimate of drug-likeness (QED) is 0.312. The van der Waals surface area contributed by atoms with E-state index in [4.69, 9.17) is 18.9 Å². The minimum Gasteiger partial charge on any atom is -0.462 e. The lowest BCUT2D eigenvalue weighted by atomic mass is 9.71. The summed E-state index contributed by atoms with van der Waals surface area (Å²) >= 11 is 0. The van der Waals surface area contributed by atoms with E-state index in [9.17, 15) is 15.0 Å². The summed E-state index contributed by atoms with van der Waals surface area (Å²) in [5, 5.41) is 23.1. The molecule has 234 valence electrons. The van der Waals surface area contributed by atoms with Crippen LogP contribution in [0.3, 0.4) is 0 Å². The summed E-state index contributed by atoms with van der Waals surface area (Å²) in [6.07, 6.45) is 14.5. The first-order valence-electron chi connectivity index (χ1n) is 15.7. The van der Waals surface area contributed by atoms with E-state index in [1.165, 1.54) is 0 Å². The monoisotopic (exact) mass is 584 g/mol. The van der Waals surface area contributed by atoms with Crippen molar-refractivity contribution in [1.29, 1.82) is 0 Å². The molecule has 3 aliphatic heterocycles. The van der Waals surface area contributed by atoms with E-state index < -0.39 is 35.5 Å². The second kappa shape index (κ2) is 13.3. The molecule has 0 amide bonds. The minimum atomic E-state index is -1.49. The van der Waals surface area contributed by atoms with Crippen molar-refractivity contribution in [2.75, 3.05) is 7.11 Å². The molecule has 7 heteroatoms. The summed E-state index contributed by atoms with van der Waals surface area (Å²) in [6, 6.07) is 0. The third kappa shape index (κ3) is 6.86. The summed E-state index contributed by atoms with van der Waals surface area (Å²) in [4.78, 5) is 14.0. The fraction of sp³-hybridized carbons (Fsp3) is 0.686. The topological polar surface area (TPSA) is 94.5 Å². The van der Waals surface area contributed by atoms with Gasteiger partial charge in [-0.25, -0.2) is 0 Å². The first kappa shape index (κ1) is 32.9. The number of carbonyl (C=O) groups is 1. The Morgan fingerprint density at radius 1 is 1.07 bits per heavy atom. The van der Waals surface area contributed by atoms with E-state index in [1.54, 1.807) is 13.2 Å². The third-order valence-corrected chi connectivity index (χ3v) is 10.00. The molecule has 2 bridgehead atoms. The number of carbonyl (C=O) groups excluding carboxylic acids is 1. The van der Waals surface area contributed by atoms with E-state index in [-0.39, 0.29) is 36.6 Å². The Labute approximate surface area is 252 Å². The number of methoxy groups -OCH3 is 1. The lowest BCUT2D eigenvalue weighted by molar-refractivity contribution is -0.300. The molecule has 42 heavy (non-hydrogen) atoms. The minimum absolute atomic E-state index is 0.0209. The number of rotatable bonds is 3. The smallest absolute Gasteiger partial charge is 0.316 e. The number of ether oxygens (including phenoxy) is 4. The molecule has 7 nitrogen and oxygen atoms in total. The SMILES string of the molecule is CCC(C)C1OC2(C=CC1C)CC1CC(CC=C(C)C(O)C(C)C=CC=C(C)C3(O)CC(OC)C(C)=CC3C(=O)O1)O2. The predicted molar refractivity (Wildman–Crippen MR) is 163 cm³/mol. The molecule has 1 aliphatic carbocycles. The number of esters is 1. The van der Waals surface area contributed by atoms with Crippen molar-refractivity contribution in [3.05, 3.63) is 59.3 Å². The van der Waals surface area contributed by atoms with Gasteiger partial charge in [-0.05, 0) is 55.9 Å². The summed E-state index contributed by atoms with van der Waals surface area (Å²) < 4.78 is 25.4. The van der Waals surface area contributed by atoms with Gasteiger partial charge >= 0.3 is 5.97 Å². The maximum atomic E-state index is 14.0. The van der Waals surface area contributed by atoms with Crippen LogP contribution in [0.5, 0.6) is 0 Å². The van der Waals surface area contributed by atoms with Gasteiger partial charge in [-0.3, -0.25) is 4.79 Å². The maximum absolute atomic E-state index is 14.0. The Morgan fingerprint density at radius 2 is 1.81 bits per heavy atom. The van der Waals surface area contributed by atoms with Gasteiger partial charge in [0.05, 0.1) is 24.4 Å². The zero-order valence-electron chi connectivity index (χ0n) is 26.7. The van der Waals surface area contributed by atoms with Crippen LogP contribution < -0.4 is 0 Å². The van der Waals surface area contributed by atoms with Crippen LogP contribution in [0.25, 0.3) is 0 Å². The summed E-state index contributed by atoms with van der Waals surface area (Å²) in [5.74, 6) is -1.94. The van der Waals surface area contributed by atoms with Crippen LogP contribution in [-0.4, -0.2) is 65.2 Å². The number of hydrogen-bond acceptors (Lipinski definition) is 7. The van der Waals surface area contributed by atoms with Crippen LogP contribution in [0.2, 0.25) is 0 Å². The third-order valence-electron chi connectivity index (χ3n) is 10.00. The molecule has 11 unspecified atom stereocenters. The Bertz CT molecular complexity index is 1130. The molecule has 0 aromatic rings. The highest BCUT2D eigenvalue weighted by Crippen LogP contribution is 2.44. The van der Waals surface area contributed by atoms with E-state index >= 15 is 0 Å². The van der Waals surface area contributed by atoms with Gasteiger partial charge in [0.1, 0.15) is 17.6 Å². The number of aliphatic hydroxyl groups is 2. The van der Waals surface area contributed by atoms with E-state index in [1.807, 2.05) is 58.1 Å². The van der Waals surface area contributed by atoms with Gasteiger partial charge in [-0.15, -0.1) is 0 Å². The fourth-order valence-electron chi connectivity index (χ4n) is 6.87. The lowest BCUT2D eigenvalue weighted by Crippen LogP contribution is -2.54. The standard InChI is InChI=1S/C35H52O7/c1-9-21(2)32-24(5)15-16-34(42-32)19-28-18-27(41-34)14-13-23(4)31(36)22(3)11-10-12-26(7)35(38)20-30(39-8)25(6)17-29(35)33(37)40-28/h10-13,15-17,21-22,24,27-32,36,38H,9,14,18-20H2,1-8H3. The highest BCUT2D eigenvalue weighted by Gasteiger charge is 2.51. The van der Waals surface area contributed by atoms with Gasteiger partial charge < -0.3 is 29.2 Å². The van der Waals surface area contributed by atoms with Crippen LogP contribution in [0.15, 0.2) is 59.3 Å². The zero-order chi connectivity index (χ0) is 30.8. The summed E-state index contributed by atoms with van der Waals surface area (Å²) in [7, 11) is 1.62. The van der Waals surface area contributed by atoms with Gasteiger partial charge in [0.25, 0.3) is 0 Å². The van der Waals surface area contributed by atoms with Gasteiger partial charge in [-0.1, -0.05) is 70.6 Å². The van der Waals surface area contributed by atoms with E-state index in [0.717, 1.165) is 17.6 Å². The lowest BCUT2D eigenvalue weighted by Gasteiger charge is -2.48. The molecule has 11 atom stereocenters. The average molecular weight is 585 g/mol. The molecule has 0 radical (unpaired) electrons. The van der Waals surface area contributed by atoms with Gasteiger partial charge in [0.2, 0.25) is 0 Å². The predicted octanol–water partition coefficient (Wildman–Crippen LogP) is 5.97. The first-order valence-corrected chi connectivity index (χ1v) is 15.7. The maximum Gasteiger partial charge on any atom is 0.316 e. The largest absolute Gasteiger partial charge is 0.462 e. The molecule has 0 aromatic carbocycles. The fourth-order valence-corrected chi connectivity index (χ4v) is 6.87. The summed E-state index contributed by atoms with van der Waals surface area (Å²) in [5.41, 5.74) is 0.899. The van der Waals surface area contributed by atoms with Crippen LogP contribution in [-0.2, 0) is 23.7 Å². The average Bonchev–Trinajstić information content (AvgIpc) is 2.96. The molecule has 0 aromatic heterocycles. The van der Waals surface area contributed by atoms with Crippen molar-refractivity contribution >= 4 is 5.97 Å². The molecule has 4 aliphatic rings. The Hall–Kier alpha value is -2.03. The number of allylic oxidation sites excluding steroid dienone is 2. The molecular formula is C35H52O7. The second-order valence-electron chi connectivity index (χ2n) is 13.2. The number of aliphatic hydroxyl groups excluding tert-OH is 1. The van der Waals surface area contributed by atoms with Gasteiger partial charge in [-0.2, -0.15) is 0 Å². The van der Waals surface area contributed by atoms with Crippen molar-refractivity contribution in [2.24, 2.45) is 23.7 Å². The second-order valence-corrected chi connectivity index (χ2v) is 13.2. The van der Waals surface area contributed by atoms with Crippen LogP contribution in [0.4, 0.5) is 0 Å². The Balaban J connectivity index is 1.75. The highest BCUT2D eigenvalue weighted by molar-refractivity contribution is 5.78. The number of fused-ring (bicyclic) bond motifs is 3. The highest BCUT2D eigenvalue weighted by atomic mass is 16.7. The van der Waals surface area contributed by atoms with Gasteiger partial charge in [0.15, 0.2) is 5.79 Å². The Morgan fingerprint density at radius 3 is 2.50 bits per heavy atom. The van der Waals surface area contributed by atoms with E-state index in [0.29, 0.717) is 30.8 Å². The first-order chi connectivity index (χ1) is 19.8. The Kier molecular flexibility index (Phi) is 10.4. The van der Waals surface area contributed by atoms with Gasteiger partial charge in [0, 0.05) is 38.2 Å². The molecule has 3 heterocycles. The molecule has 4 rings (SSSR count). The normalized spacial score (nSPS) is 42.2. The molecule has 1 saturated heterocycles. The molecule has 2 N–H and O–H groups in total. The zero-order valence-corrected chi connectivity index (χ0v) is 26.7. The number of hydrogen-bond donors (Lipinski definition) is 2. The van der Waals surface area contributed by atoms with Crippen LogP contribution >= 0.6 is 0 Å². The van der Waals surface area contributed by atoms with Crippen molar-refractivity contribution in [3.63, 3.8) is 0 Å². The van der Waals surface area contributed by atoms with Crippen LogP contribution in [0.1, 0.15) is 80.6 Å². The van der Waals surface area contributed by atoms with Crippen molar-refractivity contribution in [1.82, 2.24) is 0 Å². The van der Waals surface area contributed by atoms with Crippen molar-refractivity contribution in [2.45, 2.75) is 122 Å². The summed E-state index contributed by atoms with van der Waals surface area (Å²) in [6.45, 7) is 14.2. The molecular weight excluding hydrogens is 532 g/mol. The van der Waals surface area contributed by atoms with Crippen molar-refractivity contribution in [3.8, 4) is 0 Å². The molecule has 0 saturated carbocycles. The molecule has 1 spiro atoms. The van der Waals surface area contributed by atoms with Crippen LogP contribution in [0, 0.1) is 23.7 Å². The molecule has 1 fully saturated rings.